The van der Waals surface area contributed by atoms with Crippen LogP contribution in [0.5, 0.6) is 0 Å². The van der Waals surface area contributed by atoms with Gasteiger partial charge in [-0.1, -0.05) is 29.4 Å². The SMILES string of the molecule is Nc1oncc1-c1ccc(C2COC2)cc1. The standard InChI is InChI=1S/C12H12N2O2/c13-12-11(5-14-16-12)9-3-1-8(2-4-9)10-6-15-7-10/h1-5,10H,6-7,13H2. The molecule has 1 aromatic heterocycles. The van der Waals surface area contributed by atoms with Crippen molar-refractivity contribution in [3.05, 3.63) is 36.0 Å². The molecule has 3 rings (SSSR count). The number of nitrogen functional groups attached to an aromatic ring is 1. The third-order valence-corrected chi connectivity index (χ3v) is 2.93. The van der Waals surface area contributed by atoms with Crippen LogP contribution in [0.3, 0.4) is 0 Å². The van der Waals surface area contributed by atoms with Gasteiger partial charge in [0.05, 0.1) is 25.0 Å². The predicted molar refractivity (Wildman–Crippen MR) is 59.9 cm³/mol. The van der Waals surface area contributed by atoms with Gasteiger partial charge in [0, 0.05) is 5.92 Å². The first kappa shape index (κ1) is 9.42. The summed E-state index contributed by atoms with van der Waals surface area (Å²) in [6.45, 7) is 1.66. The maximum atomic E-state index is 5.66. The summed E-state index contributed by atoms with van der Waals surface area (Å²) in [5.74, 6) is 0.911. The molecule has 1 fully saturated rings. The molecule has 0 saturated carbocycles. The van der Waals surface area contributed by atoms with Crippen molar-refractivity contribution < 1.29 is 9.26 Å². The van der Waals surface area contributed by atoms with Gasteiger partial charge < -0.3 is 15.0 Å². The van der Waals surface area contributed by atoms with E-state index in [9.17, 15) is 0 Å². The van der Waals surface area contributed by atoms with Gasteiger partial charge in [-0.2, -0.15) is 0 Å². The first-order chi connectivity index (χ1) is 7.84. The number of aromatic nitrogens is 1. The molecule has 0 radical (unpaired) electrons. The summed E-state index contributed by atoms with van der Waals surface area (Å²) < 4.78 is 10.0. The molecule has 0 atom stereocenters. The van der Waals surface area contributed by atoms with Crippen molar-refractivity contribution in [3.8, 4) is 11.1 Å². The highest BCUT2D eigenvalue weighted by atomic mass is 16.5. The van der Waals surface area contributed by atoms with Crippen molar-refractivity contribution in [2.45, 2.75) is 5.92 Å². The molecule has 1 aliphatic heterocycles. The van der Waals surface area contributed by atoms with Crippen LogP contribution in [-0.2, 0) is 4.74 Å². The number of nitrogens with zero attached hydrogens (tertiary/aromatic N) is 1. The lowest BCUT2D eigenvalue weighted by molar-refractivity contribution is 0.00843. The highest BCUT2D eigenvalue weighted by molar-refractivity contribution is 5.71. The zero-order valence-electron chi connectivity index (χ0n) is 8.72. The lowest BCUT2D eigenvalue weighted by Crippen LogP contribution is -2.24. The van der Waals surface area contributed by atoms with E-state index in [1.54, 1.807) is 6.20 Å². The number of rotatable bonds is 2. The molecule has 2 aromatic rings. The van der Waals surface area contributed by atoms with Crippen LogP contribution in [0.4, 0.5) is 5.88 Å². The van der Waals surface area contributed by atoms with Crippen molar-refractivity contribution >= 4 is 5.88 Å². The minimum Gasteiger partial charge on any atom is -0.380 e. The van der Waals surface area contributed by atoms with Crippen LogP contribution >= 0.6 is 0 Å². The molecular formula is C12H12N2O2. The van der Waals surface area contributed by atoms with Gasteiger partial charge >= 0.3 is 0 Å². The average Bonchev–Trinajstić information content (AvgIpc) is 2.63. The molecule has 1 aromatic carbocycles. The minimum absolute atomic E-state index is 0.361. The predicted octanol–water partition coefficient (Wildman–Crippen LogP) is 2.04. The van der Waals surface area contributed by atoms with Crippen LogP contribution in [0, 0.1) is 0 Å². The molecule has 16 heavy (non-hydrogen) atoms. The van der Waals surface area contributed by atoms with Gasteiger partial charge in [-0.05, 0) is 11.1 Å². The molecule has 4 heteroatoms. The first-order valence-corrected chi connectivity index (χ1v) is 5.23. The summed E-state index contributed by atoms with van der Waals surface area (Å²) in [5.41, 5.74) is 8.84. The second-order valence-corrected chi connectivity index (χ2v) is 3.96. The number of anilines is 1. The summed E-state index contributed by atoms with van der Waals surface area (Å²) in [7, 11) is 0. The Morgan fingerprint density at radius 3 is 2.44 bits per heavy atom. The first-order valence-electron chi connectivity index (χ1n) is 5.23. The van der Waals surface area contributed by atoms with Gasteiger partial charge in [0.25, 0.3) is 0 Å². The lowest BCUT2D eigenvalue weighted by atomic mass is 9.95. The third kappa shape index (κ3) is 1.47. The largest absolute Gasteiger partial charge is 0.380 e. The van der Waals surface area contributed by atoms with Crippen LogP contribution in [0.15, 0.2) is 35.0 Å². The molecule has 0 amide bonds. The summed E-state index contributed by atoms with van der Waals surface area (Å²) >= 11 is 0. The molecule has 0 unspecified atom stereocenters. The van der Waals surface area contributed by atoms with Gasteiger partial charge in [-0.25, -0.2) is 0 Å². The van der Waals surface area contributed by atoms with Crippen molar-refractivity contribution in [2.75, 3.05) is 18.9 Å². The summed E-state index contributed by atoms with van der Waals surface area (Å²) in [4.78, 5) is 0. The molecule has 2 heterocycles. The average molecular weight is 216 g/mol. The quantitative estimate of drug-likeness (QED) is 0.834. The number of ether oxygens (including phenoxy) is 1. The normalized spacial score (nSPS) is 16.0. The van der Waals surface area contributed by atoms with E-state index in [4.69, 9.17) is 15.0 Å². The fourth-order valence-electron chi connectivity index (χ4n) is 1.83. The van der Waals surface area contributed by atoms with Crippen molar-refractivity contribution in [1.82, 2.24) is 5.16 Å². The van der Waals surface area contributed by atoms with Gasteiger partial charge in [-0.3, -0.25) is 0 Å². The molecule has 1 aliphatic rings. The smallest absolute Gasteiger partial charge is 0.229 e. The van der Waals surface area contributed by atoms with Crippen molar-refractivity contribution in [3.63, 3.8) is 0 Å². The van der Waals surface area contributed by atoms with Crippen LogP contribution < -0.4 is 5.73 Å². The molecule has 0 spiro atoms. The summed E-state index contributed by atoms with van der Waals surface area (Å²) in [6.07, 6.45) is 1.64. The Kier molecular flexibility index (Phi) is 2.15. The van der Waals surface area contributed by atoms with Gasteiger partial charge in [-0.15, -0.1) is 0 Å². The maximum absolute atomic E-state index is 5.66. The maximum Gasteiger partial charge on any atom is 0.229 e. The van der Waals surface area contributed by atoms with Crippen molar-refractivity contribution in [2.24, 2.45) is 0 Å². The highest BCUT2D eigenvalue weighted by Crippen LogP contribution is 2.29. The monoisotopic (exact) mass is 216 g/mol. The summed E-state index contributed by atoms with van der Waals surface area (Å²) in [5, 5.41) is 3.66. The van der Waals surface area contributed by atoms with E-state index in [2.05, 4.69) is 17.3 Å². The third-order valence-electron chi connectivity index (χ3n) is 2.93. The molecule has 2 N–H and O–H groups in total. The Bertz CT molecular complexity index is 486. The minimum atomic E-state index is 0.361. The Morgan fingerprint density at radius 2 is 1.94 bits per heavy atom. The highest BCUT2D eigenvalue weighted by Gasteiger charge is 2.20. The van der Waals surface area contributed by atoms with Gasteiger partial charge in [0.1, 0.15) is 0 Å². The topological polar surface area (TPSA) is 61.3 Å². The van der Waals surface area contributed by atoms with E-state index in [0.29, 0.717) is 11.8 Å². The molecule has 1 saturated heterocycles. The Balaban J connectivity index is 1.90. The second-order valence-electron chi connectivity index (χ2n) is 3.96. The second kappa shape index (κ2) is 3.64. The fourth-order valence-corrected chi connectivity index (χ4v) is 1.83. The van der Waals surface area contributed by atoms with Crippen LogP contribution in [0.1, 0.15) is 11.5 Å². The van der Waals surface area contributed by atoms with Crippen LogP contribution in [0.25, 0.3) is 11.1 Å². The van der Waals surface area contributed by atoms with E-state index in [0.717, 1.165) is 24.3 Å². The lowest BCUT2D eigenvalue weighted by Gasteiger charge is -2.26. The molecule has 4 nitrogen and oxygen atoms in total. The fraction of sp³-hybridized carbons (Fsp3) is 0.250. The summed E-state index contributed by atoms with van der Waals surface area (Å²) in [6, 6.07) is 8.29. The zero-order chi connectivity index (χ0) is 11.0. The van der Waals surface area contributed by atoms with E-state index < -0.39 is 0 Å². The molecule has 0 aliphatic carbocycles. The number of nitrogens with two attached hydrogens (primary N) is 1. The van der Waals surface area contributed by atoms with Crippen LogP contribution in [0.2, 0.25) is 0 Å². The zero-order valence-corrected chi connectivity index (χ0v) is 8.72. The number of hydrogen-bond donors (Lipinski definition) is 1. The van der Waals surface area contributed by atoms with E-state index in [-0.39, 0.29) is 0 Å². The Morgan fingerprint density at radius 1 is 1.19 bits per heavy atom. The van der Waals surface area contributed by atoms with E-state index in [1.807, 2.05) is 12.1 Å². The number of hydrogen-bond acceptors (Lipinski definition) is 4. The van der Waals surface area contributed by atoms with Gasteiger partial charge in [0.15, 0.2) is 0 Å². The Labute approximate surface area is 93.0 Å². The van der Waals surface area contributed by atoms with E-state index >= 15 is 0 Å². The molecular weight excluding hydrogens is 204 g/mol. The number of benzene rings is 1. The molecule has 0 bridgehead atoms. The Hall–Kier alpha value is -1.81. The van der Waals surface area contributed by atoms with Crippen molar-refractivity contribution in [1.29, 1.82) is 0 Å². The van der Waals surface area contributed by atoms with E-state index in [1.165, 1.54) is 5.56 Å². The van der Waals surface area contributed by atoms with Crippen LogP contribution in [-0.4, -0.2) is 18.4 Å². The molecule has 82 valence electrons. The van der Waals surface area contributed by atoms with Gasteiger partial charge in [0.2, 0.25) is 5.88 Å².